The average Bonchev–Trinajstić information content (AvgIpc) is 2.22. The van der Waals surface area contributed by atoms with Crippen molar-refractivity contribution in [3.8, 4) is 6.07 Å². The Kier molecular flexibility index (Phi) is 6.63. The quantitative estimate of drug-likeness (QED) is 0.820. The zero-order chi connectivity index (χ0) is 11.0. The Morgan fingerprint density at radius 2 is 2.21 bits per heavy atom. The van der Waals surface area contributed by atoms with Gasteiger partial charge >= 0.3 is 0 Å². The minimum atomic E-state index is 0.271. The summed E-state index contributed by atoms with van der Waals surface area (Å²) in [7, 11) is 1.50. The molecule has 0 aliphatic rings. The number of hydrogen-bond acceptors (Lipinski definition) is 3. The van der Waals surface area contributed by atoms with Gasteiger partial charge in [-0.2, -0.15) is 5.26 Å². The van der Waals surface area contributed by atoms with Gasteiger partial charge in [0, 0.05) is 10.0 Å². The molecule has 0 spiro atoms. The maximum atomic E-state index is 10.5. The van der Waals surface area contributed by atoms with Crippen LogP contribution in [-0.4, -0.2) is 13.3 Å². The first-order valence-electron chi connectivity index (χ1n) is 3.96. The van der Waals surface area contributed by atoms with E-state index < -0.39 is 0 Å². The van der Waals surface area contributed by atoms with Gasteiger partial charge in [-0.15, -0.1) is 0 Å². The van der Waals surface area contributed by atoms with E-state index in [2.05, 4.69) is 21.7 Å². The molecule has 74 valence electrons. The highest BCUT2D eigenvalue weighted by molar-refractivity contribution is 9.10. The summed E-state index contributed by atoms with van der Waals surface area (Å²) in [6.45, 7) is 0. The number of nitrogens with zero attached hydrogens (tertiary/aromatic N) is 1. The predicted molar refractivity (Wildman–Crippen MR) is 59.0 cm³/mol. The van der Waals surface area contributed by atoms with Crippen molar-refractivity contribution < 1.29 is 4.79 Å². The van der Waals surface area contributed by atoms with E-state index in [1.165, 1.54) is 7.05 Å². The van der Waals surface area contributed by atoms with Crippen LogP contribution >= 0.6 is 15.9 Å². The van der Waals surface area contributed by atoms with Crippen molar-refractivity contribution in [2.24, 2.45) is 5.73 Å². The summed E-state index contributed by atoms with van der Waals surface area (Å²) in [5, 5.41) is 8.45. The van der Waals surface area contributed by atoms with Gasteiger partial charge in [-0.25, -0.2) is 0 Å². The highest BCUT2D eigenvalue weighted by Crippen LogP contribution is 2.15. The van der Waals surface area contributed by atoms with E-state index in [0.29, 0.717) is 5.56 Å². The molecular weight excluding hydrogens is 244 g/mol. The van der Waals surface area contributed by atoms with Crippen molar-refractivity contribution >= 4 is 22.2 Å². The van der Waals surface area contributed by atoms with Crippen LogP contribution in [0.25, 0.3) is 0 Å². The van der Waals surface area contributed by atoms with Crippen molar-refractivity contribution in [2.45, 2.75) is 6.42 Å². The number of nitriles is 1. The van der Waals surface area contributed by atoms with Gasteiger partial charge in [0.05, 0.1) is 12.5 Å². The lowest BCUT2D eigenvalue weighted by atomic mass is 10.1. The molecule has 0 unspecified atom stereocenters. The third-order valence-electron chi connectivity index (χ3n) is 1.50. The molecule has 0 aliphatic carbocycles. The molecule has 4 heteroatoms. The molecule has 0 saturated heterocycles. The normalized spacial score (nSPS) is 8.14. The number of aldehydes is 1. The molecule has 0 heterocycles. The number of carbonyl (C=O) groups is 1. The molecule has 0 radical (unpaired) electrons. The SMILES string of the molecule is CN.N#CCc1cc(Br)ccc1C=O. The van der Waals surface area contributed by atoms with Crippen LogP contribution in [0, 0.1) is 11.3 Å². The third kappa shape index (κ3) is 3.69. The molecule has 0 aromatic heterocycles. The fraction of sp³-hybridized carbons (Fsp3) is 0.200. The first-order valence-corrected chi connectivity index (χ1v) is 4.75. The van der Waals surface area contributed by atoms with Crippen LogP contribution in [-0.2, 0) is 6.42 Å². The van der Waals surface area contributed by atoms with Crippen LogP contribution in [0.1, 0.15) is 15.9 Å². The topological polar surface area (TPSA) is 66.9 Å². The van der Waals surface area contributed by atoms with E-state index in [0.717, 1.165) is 16.3 Å². The zero-order valence-corrected chi connectivity index (χ0v) is 9.41. The average molecular weight is 255 g/mol. The lowest BCUT2D eigenvalue weighted by Gasteiger charge is -1.99. The maximum Gasteiger partial charge on any atom is 0.150 e. The molecular formula is C10H11BrN2O. The Hall–Kier alpha value is -1.18. The molecule has 0 amide bonds. The number of benzene rings is 1. The summed E-state index contributed by atoms with van der Waals surface area (Å²) in [4.78, 5) is 10.5. The molecule has 14 heavy (non-hydrogen) atoms. The highest BCUT2D eigenvalue weighted by Gasteiger charge is 2.00. The number of halogens is 1. The van der Waals surface area contributed by atoms with Crippen molar-refractivity contribution in [2.75, 3.05) is 7.05 Å². The van der Waals surface area contributed by atoms with Crippen LogP contribution in [0.5, 0.6) is 0 Å². The summed E-state index contributed by atoms with van der Waals surface area (Å²) in [6, 6.07) is 7.27. The minimum Gasteiger partial charge on any atom is -0.333 e. The van der Waals surface area contributed by atoms with Crippen LogP contribution in [0.15, 0.2) is 22.7 Å². The Morgan fingerprint density at radius 3 is 2.71 bits per heavy atom. The van der Waals surface area contributed by atoms with Crippen LogP contribution in [0.3, 0.4) is 0 Å². The lowest BCUT2D eigenvalue weighted by molar-refractivity contribution is 0.112. The van der Waals surface area contributed by atoms with Gasteiger partial charge in [0.15, 0.2) is 0 Å². The summed E-state index contributed by atoms with van der Waals surface area (Å²) in [5.41, 5.74) is 5.85. The van der Waals surface area contributed by atoms with Gasteiger partial charge in [0.1, 0.15) is 6.29 Å². The van der Waals surface area contributed by atoms with Gasteiger partial charge < -0.3 is 5.73 Å². The van der Waals surface area contributed by atoms with Crippen molar-refractivity contribution in [3.05, 3.63) is 33.8 Å². The second-order valence-electron chi connectivity index (χ2n) is 2.30. The summed E-state index contributed by atoms with van der Waals surface area (Å²) in [5.74, 6) is 0. The minimum absolute atomic E-state index is 0.271. The van der Waals surface area contributed by atoms with Gasteiger partial charge in [-0.1, -0.05) is 22.0 Å². The van der Waals surface area contributed by atoms with Crippen LogP contribution < -0.4 is 5.73 Å². The predicted octanol–water partition coefficient (Wildman–Crippen LogP) is 1.90. The Labute approximate surface area is 91.7 Å². The van der Waals surface area contributed by atoms with E-state index in [1.54, 1.807) is 18.2 Å². The molecule has 1 aromatic carbocycles. The zero-order valence-electron chi connectivity index (χ0n) is 7.83. The molecule has 0 aliphatic heterocycles. The fourth-order valence-corrected chi connectivity index (χ4v) is 1.34. The van der Waals surface area contributed by atoms with E-state index in [1.807, 2.05) is 6.07 Å². The number of hydrogen-bond donors (Lipinski definition) is 1. The van der Waals surface area contributed by atoms with Crippen molar-refractivity contribution in [3.63, 3.8) is 0 Å². The van der Waals surface area contributed by atoms with Crippen molar-refractivity contribution in [1.82, 2.24) is 0 Å². The first-order chi connectivity index (χ1) is 6.77. The van der Waals surface area contributed by atoms with Gasteiger partial charge in [-0.3, -0.25) is 4.79 Å². The Bertz CT molecular complexity index is 344. The molecule has 3 nitrogen and oxygen atoms in total. The molecule has 0 saturated carbocycles. The van der Waals surface area contributed by atoms with E-state index in [-0.39, 0.29) is 6.42 Å². The molecule has 2 N–H and O–H groups in total. The second kappa shape index (κ2) is 7.25. The Balaban J connectivity index is 0.000000791. The summed E-state index contributed by atoms with van der Waals surface area (Å²) >= 11 is 3.27. The molecule has 0 fully saturated rings. The number of rotatable bonds is 2. The van der Waals surface area contributed by atoms with E-state index in [9.17, 15) is 4.79 Å². The Morgan fingerprint density at radius 1 is 1.57 bits per heavy atom. The fourth-order valence-electron chi connectivity index (χ4n) is 0.928. The lowest BCUT2D eigenvalue weighted by Crippen LogP contribution is -1.90. The smallest absolute Gasteiger partial charge is 0.150 e. The highest BCUT2D eigenvalue weighted by atomic mass is 79.9. The van der Waals surface area contributed by atoms with E-state index in [4.69, 9.17) is 5.26 Å². The van der Waals surface area contributed by atoms with Gasteiger partial charge in [0.2, 0.25) is 0 Å². The van der Waals surface area contributed by atoms with E-state index >= 15 is 0 Å². The van der Waals surface area contributed by atoms with Crippen LogP contribution in [0.4, 0.5) is 0 Å². The largest absolute Gasteiger partial charge is 0.333 e. The number of carbonyl (C=O) groups excluding carboxylic acids is 1. The monoisotopic (exact) mass is 254 g/mol. The third-order valence-corrected chi connectivity index (χ3v) is 1.99. The first kappa shape index (κ1) is 12.8. The molecule has 1 aromatic rings. The second-order valence-corrected chi connectivity index (χ2v) is 3.21. The molecule has 1 rings (SSSR count). The summed E-state index contributed by atoms with van der Waals surface area (Å²) < 4.78 is 0.887. The molecule has 0 bridgehead atoms. The van der Waals surface area contributed by atoms with Gasteiger partial charge in [0.25, 0.3) is 0 Å². The van der Waals surface area contributed by atoms with Crippen LogP contribution in [0.2, 0.25) is 0 Å². The van der Waals surface area contributed by atoms with Gasteiger partial charge in [-0.05, 0) is 24.7 Å². The maximum absolute atomic E-state index is 10.5. The van der Waals surface area contributed by atoms with Crippen molar-refractivity contribution in [1.29, 1.82) is 5.26 Å². The molecule has 0 atom stereocenters. The standard InChI is InChI=1S/C9H6BrNO.CH5N/c10-9-2-1-8(6-12)7(5-9)3-4-11;1-2/h1-2,5-6H,3H2;2H2,1H3. The summed E-state index contributed by atoms with van der Waals surface area (Å²) in [6.07, 6.45) is 1.03. The number of nitrogens with two attached hydrogens (primary N) is 1.